The van der Waals surface area contributed by atoms with Crippen molar-refractivity contribution in [1.82, 2.24) is 15.1 Å². The summed E-state index contributed by atoms with van der Waals surface area (Å²) < 4.78 is 5.19. The Labute approximate surface area is 169 Å². The predicted molar refractivity (Wildman–Crippen MR) is 113 cm³/mol. The van der Waals surface area contributed by atoms with E-state index in [1.807, 2.05) is 14.0 Å². The number of nitrogens with zero attached hydrogens (tertiary/aromatic N) is 3. The summed E-state index contributed by atoms with van der Waals surface area (Å²) in [6.07, 6.45) is 4.50. The number of esters is 1. The number of nitrogens with one attached hydrogen (secondary N) is 1. The average Bonchev–Trinajstić information content (AvgIpc) is 2.63. The molecule has 6 nitrogen and oxygen atoms in total. The first kappa shape index (κ1) is 22.5. The molecule has 2 atom stereocenters. The second kappa shape index (κ2) is 11.9. The molecule has 0 aromatic carbocycles. The van der Waals surface area contributed by atoms with E-state index in [4.69, 9.17) is 4.74 Å². The van der Waals surface area contributed by atoms with Crippen LogP contribution in [-0.2, 0) is 9.53 Å². The first-order chi connectivity index (χ1) is 11.7. The lowest BCUT2D eigenvalue weighted by atomic mass is 9.97. The van der Waals surface area contributed by atoms with Gasteiger partial charge in [0.05, 0.1) is 12.5 Å². The van der Waals surface area contributed by atoms with Crippen LogP contribution >= 0.6 is 24.0 Å². The highest BCUT2D eigenvalue weighted by Gasteiger charge is 2.28. The molecule has 0 spiro atoms. The number of aliphatic imine (C=N–C) groups is 1. The maximum absolute atomic E-state index is 12.0. The van der Waals surface area contributed by atoms with Crippen LogP contribution in [0.25, 0.3) is 0 Å². The van der Waals surface area contributed by atoms with Crippen LogP contribution in [-0.4, -0.2) is 74.7 Å². The summed E-state index contributed by atoms with van der Waals surface area (Å²) in [6, 6.07) is 0. The molecule has 0 aliphatic carbocycles. The molecule has 0 aromatic rings. The van der Waals surface area contributed by atoms with Crippen molar-refractivity contribution in [3.63, 3.8) is 0 Å². The third-order valence-corrected chi connectivity index (χ3v) is 5.15. The molecule has 1 N–H and O–H groups in total. The van der Waals surface area contributed by atoms with Gasteiger partial charge in [-0.1, -0.05) is 6.92 Å². The summed E-state index contributed by atoms with van der Waals surface area (Å²) in [7, 11) is 1.83. The van der Waals surface area contributed by atoms with Gasteiger partial charge in [0.15, 0.2) is 5.96 Å². The van der Waals surface area contributed by atoms with Gasteiger partial charge in [-0.2, -0.15) is 0 Å². The Morgan fingerprint density at radius 1 is 1.20 bits per heavy atom. The molecule has 0 aromatic heterocycles. The van der Waals surface area contributed by atoms with E-state index >= 15 is 0 Å². The normalized spacial score (nSPS) is 25.2. The van der Waals surface area contributed by atoms with Gasteiger partial charge >= 0.3 is 5.97 Å². The van der Waals surface area contributed by atoms with Crippen LogP contribution in [0.5, 0.6) is 0 Å². The smallest absolute Gasteiger partial charge is 0.310 e. The molecule has 0 amide bonds. The van der Waals surface area contributed by atoms with Gasteiger partial charge in [0, 0.05) is 33.2 Å². The topological polar surface area (TPSA) is 57.2 Å². The van der Waals surface area contributed by atoms with Gasteiger partial charge < -0.3 is 19.9 Å². The van der Waals surface area contributed by atoms with E-state index in [1.165, 1.54) is 25.9 Å². The molecular formula is C18H35IN4O2. The molecule has 0 saturated carbocycles. The summed E-state index contributed by atoms with van der Waals surface area (Å²) >= 11 is 0. The minimum absolute atomic E-state index is 0. The largest absolute Gasteiger partial charge is 0.466 e. The Bertz CT molecular complexity index is 433. The van der Waals surface area contributed by atoms with Crippen molar-refractivity contribution in [1.29, 1.82) is 0 Å². The molecule has 2 aliphatic rings. The molecule has 7 heteroatoms. The van der Waals surface area contributed by atoms with Crippen molar-refractivity contribution >= 4 is 35.9 Å². The van der Waals surface area contributed by atoms with Crippen molar-refractivity contribution in [3.05, 3.63) is 0 Å². The molecule has 2 aliphatic heterocycles. The standard InChI is InChI=1S/C18H34N4O2.HI/c1-4-21-10-6-8-15(13-21)12-20-18(19-3)22-11-7-9-16(14-22)17(23)24-5-2;/h15-16H,4-14H2,1-3H3,(H,19,20);1H. The zero-order valence-corrected chi connectivity index (χ0v) is 18.3. The van der Waals surface area contributed by atoms with Gasteiger partial charge in [0.2, 0.25) is 0 Å². The SMILES string of the molecule is CCOC(=O)C1CCCN(C(=NC)NCC2CCCN(CC)C2)C1.I. The summed E-state index contributed by atoms with van der Waals surface area (Å²) in [6.45, 7) is 10.7. The molecule has 2 heterocycles. The number of carbonyl (C=O) groups excluding carboxylic acids is 1. The van der Waals surface area contributed by atoms with Crippen molar-refractivity contribution in [2.75, 3.05) is 52.9 Å². The Balaban J connectivity index is 0.00000312. The Morgan fingerprint density at radius 2 is 1.96 bits per heavy atom. The molecule has 0 bridgehead atoms. The summed E-state index contributed by atoms with van der Waals surface area (Å²) in [5.41, 5.74) is 0. The third kappa shape index (κ3) is 6.92. The van der Waals surface area contributed by atoms with Gasteiger partial charge in [0.25, 0.3) is 0 Å². The molecular weight excluding hydrogens is 431 g/mol. The Hall–Kier alpha value is -0.570. The predicted octanol–water partition coefficient (Wildman–Crippen LogP) is 2.19. The van der Waals surface area contributed by atoms with Gasteiger partial charge in [-0.3, -0.25) is 9.79 Å². The fourth-order valence-electron chi connectivity index (χ4n) is 3.80. The first-order valence-electron chi connectivity index (χ1n) is 9.52. The van der Waals surface area contributed by atoms with Crippen LogP contribution in [0.15, 0.2) is 4.99 Å². The van der Waals surface area contributed by atoms with Crippen LogP contribution in [0.2, 0.25) is 0 Å². The monoisotopic (exact) mass is 466 g/mol. The van der Waals surface area contributed by atoms with E-state index < -0.39 is 0 Å². The van der Waals surface area contributed by atoms with E-state index in [-0.39, 0.29) is 35.9 Å². The number of carbonyl (C=O) groups is 1. The molecule has 2 unspecified atom stereocenters. The Morgan fingerprint density at radius 3 is 2.64 bits per heavy atom. The van der Waals surface area contributed by atoms with Crippen LogP contribution in [0.4, 0.5) is 0 Å². The highest BCUT2D eigenvalue weighted by atomic mass is 127. The van der Waals surface area contributed by atoms with E-state index in [1.54, 1.807) is 0 Å². The molecule has 2 rings (SSSR count). The molecule has 0 radical (unpaired) electrons. The second-order valence-electron chi connectivity index (χ2n) is 6.87. The fraction of sp³-hybridized carbons (Fsp3) is 0.889. The van der Waals surface area contributed by atoms with E-state index in [9.17, 15) is 4.79 Å². The summed E-state index contributed by atoms with van der Waals surface area (Å²) in [5, 5.41) is 3.54. The number of rotatable bonds is 5. The highest BCUT2D eigenvalue weighted by molar-refractivity contribution is 14.0. The van der Waals surface area contributed by atoms with Gasteiger partial charge in [0.1, 0.15) is 0 Å². The third-order valence-electron chi connectivity index (χ3n) is 5.15. The zero-order chi connectivity index (χ0) is 17.4. The lowest BCUT2D eigenvalue weighted by molar-refractivity contribution is -0.149. The number of ether oxygens (including phenoxy) is 1. The number of guanidine groups is 1. The maximum atomic E-state index is 12.0. The molecule has 2 fully saturated rings. The quantitative estimate of drug-likeness (QED) is 0.292. The summed E-state index contributed by atoms with van der Waals surface area (Å²) in [4.78, 5) is 21.2. The average molecular weight is 466 g/mol. The van der Waals surface area contributed by atoms with Gasteiger partial charge in [-0.25, -0.2) is 0 Å². The number of halogens is 1. The number of hydrogen-bond acceptors (Lipinski definition) is 4. The maximum Gasteiger partial charge on any atom is 0.310 e. The Kier molecular flexibility index (Phi) is 10.7. The van der Waals surface area contributed by atoms with Crippen molar-refractivity contribution in [2.45, 2.75) is 39.5 Å². The number of piperidine rings is 2. The number of likely N-dealkylation sites (tertiary alicyclic amines) is 2. The highest BCUT2D eigenvalue weighted by Crippen LogP contribution is 2.19. The van der Waals surface area contributed by atoms with Crippen LogP contribution in [0, 0.1) is 11.8 Å². The van der Waals surface area contributed by atoms with Crippen molar-refractivity contribution in [3.8, 4) is 0 Å². The van der Waals surface area contributed by atoms with E-state index in [0.29, 0.717) is 19.1 Å². The minimum atomic E-state index is -0.0662. The second-order valence-corrected chi connectivity index (χ2v) is 6.87. The van der Waals surface area contributed by atoms with E-state index in [2.05, 4.69) is 27.0 Å². The minimum Gasteiger partial charge on any atom is -0.466 e. The molecule has 2 saturated heterocycles. The van der Waals surface area contributed by atoms with Crippen LogP contribution in [0.3, 0.4) is 0 Å². The summed E-state index contributed by atoms with van der Waals surface area (Å²) in [5.74, 6) is 1.52. The first-order valence-corrected chi connectivity index (χ1v) is 9.52. The lowest BCUT2D eigenvalue weighted by Gasteiger charge is -2.36. The number of hydrogen-bond donors (Lipinski definition) is 1. The molecule has 146 valence electrons. The van der Waals surface area contributed by atoms with Gasteiger partial charge in [-0.05, 0) is 51.6 Å². The van der Waals surface area contributed by atoms with Crippen molar-refractivity contribution in [2.24, 2.45) is 16.8 Å². The fourth-order valence-corrected chi connectivity index (χ4v) is 3.80. The van der Waals surface area contributed by atoms with Crippen molar-refractivity contribution < 1.29 is 9.53 Å². The van der Waals surface area contributed by atoms with Crippen LogP contribution < -0.4 is 5.32 Å². The van der Waals surface area contributed by atoms with Gasteiger partial charge in [-0.15, -0.1) is 24.0 Å². The molecule has 25 heavy (non-hydrogen) atoms. The lowest BCUT2D eigenvalue weighted by Crippen LogP contribution is -2.50. The van der Waals surface area contributed by atoms with Crippen LogP contribution in [0.1, 0.15) is 39.5 Å². The zero-order valence-electron chi connectivity index (χ0n) is 16.0. The van der Waals surface area contributed by atoms with E-state index in [0.717, 1.165) is 38.4 Å².